The van der Waals surface area contributed by atoms with Crippen LogP contribution in [0, 0.1) is 0 Å². The third-order valence-electron chi connectivity index (χ3n) is 1.62. The second-order valence-electron chi connectivity index (χ2n) is 2.61. The van der Waals surface area contributed by atoms with Crippen molar-refractivity contribution in [2.24, 2.45) is 5.73 Å². The zero-order chi connectivity index (χ0) is 8.69. The Morgan fingerprint density at radius 3 is 2.42 bits per heavy atom. The molecule has 1 atom stereocenters. The van der Waals surface area contributed by atoms with E-state index in [4.69, 9.17) is 18.0 Å². The molecule has 12 heavy (non-hydrogen) atoms. The first-order chi connectivity index (χ1) is 5.20. The molecule has 0 saturated heterocycles. The fourth-order valence-electron chi connectivity index (χ4n) is 0.942. The van der Waals surface area contributed by atoms with Gasteiger partial charge in [-0.15, -0.1) is 0 Å². The smallest absolute Gasteiger partial charge is 0.131 e. The zero-order valence-electron chi connectivity index (χ0n) is 8.01. The van der Waals surface area contributed by atoms with Gasteiger partial charge < -0.3 is 5.73 Å². The van der Waals surface area contributed by atoms with Crippen molar-refractivity contribution in [2.45, 2.75) is 44.8 Å². The number of thiocarbonyl (C=S) groups is 1. The molecule has 0 heterocycles. The molecule has 0 amide bonds. The summed E-state index contributed by atoms with van der Waals surface area (Å²) in [5, 5.41) is 0.646. The predicted molar refractivity (Wildman–Crippen MR) is 58.0 cm³/mol. The largest absolute Gasteiger partial charge is 0.385 e. The molecule has 0 rings (SSSR count). The first-order valence-corrected chi connectivity index (χ1v) is 5.45. The van der Waals surface area contributed by atoms with Crippen molar-refractivity contribution in [3.63, 3.8) is 0 Å². The zero-order valence-corrected chi connectivity index (χ0v) is 12.6. The van der Waals surface area contributed by atoms with Crippen LogP contribution in [0.5, 0.6) is 0 Å². The molecule has 0 saturated carbocycles. The second-order valence-corrected chi connectivity index (χ2v) is 4.65. The van der Waals surface area contributed by atoms with Crippen molar-refractivity contribution in [3.8, 4) is 0 Å². The molecule has 68 valence electrons. The molecule has 0 bridgehead atoms. The summed E-state index contributed by atoms with van der Waals surface area (Å²) in [6, 6.07) is 0. The first-order valence-electron chi connectivity index (χ1n) is 4.16. The summed E-state index contributed by atoms with van der Waals surface area (Å²) in [5.74, 6) is 0. The Bertz CT molecular complexity index is 120. The molecule has 4 heteroatoms. The van der Waals surface area contributed by atoms with Gasteiger partial charge in [-0.2, -0.15) is 0 Å². The molecule has 1 unspecified atom stereocenters. The predicted octanol–water partition coefficient (Wildman–Crippen LogP) is 2.93. The van der Waals surface area contributed by atoms with Gasteiger partial charge in [-0.3, -0.25) is 0 Å². The molecular weight excluding hydrogens is 240 g/mol. The summed E-state index contributed by atoms with van der Waals surface area (Å²) < 4.78 is 0.591. The number of rotatable bonds is 5. The van der Waals surface area contributed by atoms with Gasteiger partial charge in [-0.25, -0.2) is 0 Å². The summed E-state index contributed by atoms with van der Waals surface area (Å²) in [4.78, 5) is 0. The molecule has 0 aliphatic heterocycles. The van der Waals surface area contributed by atoms with Crippen LogP contribution in [0.25, 0.3) is 0 Å². The minimum Gasteiger partial charge on any atom is -0.385 e. The third-order valence-corrected chi connectivity index (χ3v) is 3.04. The number of hydrogen-bond donors (Lipinski definition) is 1. The van der Waals surface area contributed by atoms with E-state index in [0.717, 1.165) is 0 Å². The van der Waals surface area contributed by atoms with Crippen LogP contribution in [0.4, 0.5) is 0 Å². The number of thioether (sulfide) groups is 1. The van der Waals surface area contributed by atoms with Crippen LogP contribution >= 0.6 is 24.0 Å². The number of unbranched alkanes of at least 4 members (excludes halogenated alkanes) is 1. The number of hydrogen-bond acceptors (Lipinski definition) is 2. The van der Waals surface area contributed by atoms with E-state index < -0.39 is 0 Å². The molecule has 0 aromatic heterocycles. The summed E-state index contributed by atoms with van der Waals surface area (Å²) >= 11 is 6.48. The Labute approximate surface area is 98.0 Å². The van der Waals surface area contributed by atoms with Gasteiger partial charge in [-0.1, -0.05) is 50.7 Å². The molecule has 1 nitrogen and oxygen atoms in total. The topological polar surface area (TPSA) is 26.0 Å². The number of nitrogens with two attached hydrogens (primary N) is 1. The molecule has 0 radical (unpaired) electrons. The standard InChI is InChI=1S/C8H17NS2.Zn/c1-3-5-6-7(4-2)11-8(9)10;/h7H,3-6H2,1-2H3,(H2,9,10);. The normalized spacial score (nSPS) is 11.8. The third kappa shape index (κ3) is 8.96. The van der Waals surface area contributed by atoms with E-state index in [1.165, 1.54) is 25.7 Å². The molecule has 0 aliphatic carbocycles. The fraction of sp³-hybridized carbons (Fsp3) is 0.875. The van der Waals surface area contributed by atoms with Gasteiger partial charge in [0, 0.05) is 24.7 Å². The molecular formula is C8H17NS2Zn. The van der Waals surface area contributed by atoms with Crippen LogP contribution in [0.15, 0.2) is 0 Å². The Hall–Kier alpha value is 0.863. The Morgan fingerprint density at radius 1 is 1.50 bits per heavy atom. The summed E-state index contributed by atoms with van der Waals surface area (Å²) in [6.07, 6.45) is 4.96. The van der Waals surface area contributed by atoms with Gasteiger partial charge in [0.15, 0.2) is 0 Å². The summed E-state index contributed by atoms with van der Waals surface area (Å²) in [7, 11) is 0. The van der Waals surface area contributed by atoms with E-state index in [-0.39, 0.29) is 19.5 Å². The van der Waals surface area contributed by atoms with Crippen LogP contribution in [0.3, 0.4) is 0 Å². The van der Waals surface area contributed by atoms with Crippen molar-refractivity contribution in [3.05, 3.63) is 0 Å². The van der Waals surface area contributed by atoms with Gasteiger partial charge in [0.1, 0.15) is 4.32 Å². The minimum atomic E-state index is 0. The van der Waals surface area contributed by atoms with Gasteiger partial charge in [0.05, 0.1) is 0 Å². The van der Waals surface area contributed by atoms with Crippen LogP contribution in [-0.2, 0) is 19.5 Å². The first kappa shape index (κ1) is 15.3. The average molecular weight is 257 g/mol. The maximum atomic E-state index is 5.44. The van der Waals surface area contributed by atoms with Crippen LogP contribution < -0.4 is 5.73 Å². The Kier molecular flexibility index (Phi) is 12.7. The Morgan fingerprint density at radius 2 is 2.08 bits per heavy atom. The molecule has 0 aliphatic rings. The van der Waals surface area contributed by atoms with Gasteiger partial charge in [0.2, 0.25) is 0 Å². The van der Waals surface area contributed by atoms with Crippen LogP contribution in [-0.4, -0.2) is 9.57 Å². The van der Waals surface area contributed by atoms with Crippen molar-refractivity contribution < 1.29 is 19.5 Å². The van der Waals surface area contributed by atoms with Gasteiger partial charge in [0.25, 0.3) is 0 Å². The average Bonchev–Trinajstić information content (AvgIpc) is 1.97. The van der Waals surface area contributed by atoms with E-state index in [2.05, 4.69) is 13.8 Å². The summed E-state index contributed by atoms with van der Waals surface area (Å²) in [6.45, 7) is 4.39. The molecule has 0 aromatic rings. The molecule has 0 fully saturated rings. The minimum absolute atomic E-state index is 0. The van der Waals surface area contributed by atoms with Crippen molar-refractivity contribution in [1.29, 1.82) is 0 Å². The quantitative estimate of drug-likeness (QED) is 0.605. The second kappa shape index (κ2) is 9.95. The van der Waals surface area contributed by atoms with Crippen LogP contribution in [0.1, 0.15) is 39.5 Å². The van der Waals surface area contributed by atoms with Crippen molar-refractivity contribution in [1.82, 2.24) is 0 Å². The van der Waals surface area contributed by atoms with E-state index in [1.54, 1.807) is 11.8 Å². The summed E-state index contributed by atoms with van der Waals surface area (Å²) in [5.41, 5.74) is 5.44. The molecule has 0 spiro atoms. The van der Waals surface area contributed by atoms with Crippen molar-refractivity contribution in [2.75, 3.05) is 0 Å². The van der Waals surface area contributed by atoms with E-state index in [9.17, 15) is 0 Å². The molecule has 0 aromatic carbocycles. The van der Waals surface area contributed by atoms with Gasteiger partial charge in [-0.05, 0) is 12.8 Å². The van der Waals surface area contributed by atoms with Crippen molar-refractivity contribution >= 4 is 28.3 Å². The fourth-order valence-corrected chi connectivity index (χ4v) is 2.13. The monoisotopic (exact) mass is 255 g/mol. The molecule has 2 N–H and O–H groups in total. The van der Waals surface area contributed by atoms with E-state index in [0.29, 0.717) is 9.57 Å². The SMILES string of the molecule is CCCCC(CC)SC(N)=S.[Zn]. The van der Waals surface area contributed by atoms with Gasteiger partial charge >= 0.3 is 0 Å². The maximum Gasteiger partial charge on any atom is 0.131 e. The van der Waals surface area contributed by atoms with Crippen LogP contribution in [0.2, 0.25) is 0 Å². The van der Waals surface area contributed by atoms with E-state index >= 15 is 0 Å². The maximum absolute atomic E-state index is 5.44. The Balaban J connectivity index is 0. The van der Waals surface area contributed by atoms with E-state index in [1.807, 2.05) is 0 Å².